The summed E-state index contributed by atoms with van der Waals surface area (Å²) in [6.45, 7) is 10.2. The van der Waals surface area contributed by atoms with E-state index in [1.54, 1.807) is 0 Å². The number of hydrogen-bond donors (Lipinski definition) is 1. The van der Waals surface area contributed by atoms with Gasteiger partial charge in [0.25, 0.3) is 0 Å². The smallest absolute Gasteiger partial charge is 0.512 e. The number of para-hydroxylation sites is 2. The Labute approximate surface area is 347 Å². The van der Waals surface area contributed by atoms with Crippen LogP contribution in [0.25, 0.3) is 55.0 Å². The molecule has 2 N–H and O–H groups in total. The minimum atomic E-state index is -0.414. The fraction of sp³-hybridized carbons (Fsp3) is 0.245. The van der Waals surface area contributed by atoms with Crippen LogP contribution >= 0.6 is 0 Å². The van der Waals surface area contributed by atoms with Crippen LogP contribution in [0.1, 0.15) is 64.6 Å². The number of carbonyl (C=O) groups is 1. The van der Waals surface area contributed by atoms with E-state index in [0.29, 0.717) is 12.8 Å². The molecule has 1 radical (unpaired) electrons. The molecule has 7 aromatic rings. The molecule has 57 heavy (non-hydrogen) atoms. The summed E-state index contributed by atoms with van der Waals surface area (Å²) in [6, 6.07) is 43.8. The Kier molecular flexibility index (Phi) is 12.8. The number of esters is 2. The van der Waals surface area contributed by atoms with Crippen LogP contribution in [-0.4, -0.2) is 44.6 Å². The van der Waals surface area contributed by atoms with E-state index < -0.39 is 5.97 Å². The summed E-state index contributed by atoms with van der Waals surface area (Å²) in [5, 5.41) is 13.9. The van der Waals surface area contributed by atoms with Crippen LogP contribution in [0, 0.1) is 12.0 Å². The predicted octanol–water partition coefficient (Wildman–Crippen LogP) is 11.3. The number of pyridine rings is 1. The maximum Gasteiger partial charge on any atom is 0.513 e. The minimum Gasteiger partial charge on any atom is -0.512 e. The predicted molar refractivity (Wildman–Crippen MR) is 226 cm³/mol. The molecule has 0 aliphatic heterocycles. The Morgan fingerprint density at radius 3 is 2.16 bits per heavy atom. The Morgan fingerprint density at radius 1 is 0.860 bits per heavy atom. The number of allylic oxidation sites excluding steroid dienone is 1. The second-order valence-electron chi connectivity index (χ2n) is 15.0. The zero-order chi connectivity index (χ0) is 39.4. The summed E-state index contributed by atoms with van der Waals surface area (Å²) in [6.07, 6.45) is 4.36. The summed E-state index contributed by atoms with van der Waals surface area (Å²) in [4.78, 5) is 26.7. The molecule has 0 saturated heterocycles. The van der Waals surface area contributed by atoms with E-state index >= 15 is 0 Å². The van der Waals surface area contributed by atoms with Crippen LogP contribution in [-0.2, 0) is 39.8 Å². The fourth-order valence-electron chi connectivity index (χ4n) is 8.02. The Balaban J connectivity index is 0.000000193. The van der Waals surface area contributed by atoms with Crippen molar-refractivity contribution in [3.05, 3.63) is 150 Å². The van der Waals surface area contributed by atoms with Gasteiger partial charge in [0.1, 0.15) is 11.8 Å². The van der Waals surface area contributed by atoms with Gasteiger partial charge in [-0.15, -0.1) is 29.3 Å². The number of aliphatic hydroxyl groups is 1. The molecule has 0 fully saturated rings. The Bertz CT molecular complexity index is 2530. The maximum atomic E-state index is 12.6. The molecule has 8 rings (SSSR count). The average molecular weight is 937 g/mol. The Hall–Kier alpha value is -5.56. The zero-order valence-electron chi connectivity index (χ0n) is 33.0. The second kappa shape index (κ2) is 17.7. The summed E-state index contributed by atoms with van der Waals surface area (Å²) >= 11 is 0. The summed E-state index contributed by atoms with van der Waals surface area (Å²) in [5.74, 6) is -0.998. The molecular weight excluding hydrogens is 889 g/mol. The average Bonchev–Trinajstić information content (AvgIpc) is 3.66. The van der Waals surface area contributed by atoms with E-state index in [1.807, 2.05) is 43.5 Å². The van der Waals surface area contributed by atoms with E-state index in [4.69, 9.17) is 14.6 Å². The van der Waals surface area contributed by atoms with Crippen molar-refractivity contribution >= 4 is 44.5 Å². The molecule has 8 heteroatoms. The molecule has 0 bridgehead atoms. The van der Waals surface area contributed by atoms with Gasteiger partial charge >= 0.3 is 11.9 Å². The van der Waals surface area contributed by atoms with Crippen molar-refractivity contribution in [1.29, 1.82) is 0 Å². The standard InChI is InChI=1S/C25H29NO5.C24H18N.Ir/c1-4-19(25(29)31-14-13-30-24(28)16-18(3)27)15-17(2)26-22-11-7-5-9-20(22)21-10-6-8-12-23(21)26;1-24(2)21-10-6-5-9-19(21)20-12-11-17(13-22(20)24)23-14-16-7-3-4-8-18(16)15-25-23;/h5-12,16-17,19,27H,4,13-15H2,1-3H3;3-10,12-15H,1-2H3;/q;-1;/p+1/b18-16-;;. The molecule has 293 valence electrons. The van der Waals surface area contributed by atoms with Gasteiger partial charge in [-0.3, -0.25) is 4.79 Å². The fourth-order valence-corrected chi connectivity index (χ4v) is 8.02. The molecule has 2 aromatic heterocycles. The van der Waals surface area contributed by atoms with E-state index in [0.717, 1.165) is 28.4 Å². The number of rotatable bonds is 10. The minimum absolute atomic E-state index is 0. The quantitative estimate of drug-likeness (QED) is 0.0368. The molecule has 2 atom stereocenters. The van der Waals surface area contributed by atoms with Gasteiger partial charge in [-0.25, -0.2) is 0 Å². The van der Waals surface area contributed by atoms with Crippen molar-refractivity contribution in [2.45, 2.75) is 58.9 Å². The van der Waals surface area contributed by atoms with Crippen molar-refractivity contribution in [1.82, 2.24) is 9.55 Å². The number of aliphatic hydroxyl groups excluding tert-OH is 1. The van der Waals surface area contributed by atoms with Gasteiger partial charge in [-0.05, 0) is 66.3 Å². The third-order valence-corrected chi connectivity index (χ3v) is 10.8. The first-order valence-corrected chi connectivity index (χ1v) is 19.3. The number of aromatic nitrogens is 2. The van der Waals surface area contributed by atoms with Crippen molar-refractivity contribution in [2.24, 2.45) is 5.92 Å². The van der Waals surface area contributed by atoms with Gasteiger partial charge in [-0.1, -0.05) is 123 Å². The van der Waals surface area contributed by atoms with Gasteiger partial charge in [0.05, 0.1) is 5.92 Å². The van der Waals surface area contributed by atoms with Gasteiger partial charge < -0.3 is 28.9 Å². The van der Waals surface area contributed by atoms with Gasteiger partial charge in [0.2, 0.25) is 6.61 Å². The SMILES string of the molecule is CC1(C)c2ccccc2-c2c[c-]c(-c3cc4ccccc4cn3)cc21.CCC(CC(C)n1c2ccccc2c2ccccc21)C(=O)OCCOC(=[OH+])/C=C(/C)O.[Ir]. The number of nitrogens with zero attached hydrogens (tertiary/aromatic N) is 2. The number of fused-ring (bicyclic) bond motifs is 7. The molecule has 0 saturated carbocycles. The van der Waals surface area contributed by atoms with E-state index in [1.165, 1.54) is 50.7 Å². The van der Waals surface area contributed by atoms with Crippen LogP contribution in [0.4, 0.5) is 0 Å². The second-order valence-corrected chi connectivity index (χ2v) is 15.0. The molecule has 7 nitrogen and oxygen atoms in total. The van der Waals surface area contributed by atoms with Crippen LogP contribution in [0.2, 0.25) is 0 Å². The summed E-state index contributed by atoms with van der Waals surface area (Å²) in [7, 11) is 0. The molecular formula is C49H48IrN2O5. The largest absolute Gasteiger partial charge is 0.513 e. The normalized spacial score (nSPS) is 13.8. The van der Waals surface area contributed by atoms with E-state index in [9.17, 15) is 9.59 Å². The third-order valence-electron chi connectivity index (χ3n) is 10.8. The van der Waals surface area contributed by atoms with Crippen molar-refractivity contribution in [2.75, 3.05) is 13.2 Å². The van der Waals surface area contributed by atoms with E-state index in [-0.39, 0.29) is 62.4 Å². The first-order valence-electron chi connectivity index (χ1n) is 19.3. The molecule has 0 spiro atoms. The first-order chi connectivity index (χ1) is 27.1. The number of ether oxygens (including phenoxy) is 2. The van der Waals surface area contributed by atoms with Gasteiger partial charge in [0, 0.05) is 54.1 Å². The monoisotopic (exact) mass is 937 g/mol. The van der Waals surface area contributed by atoms with Crippen molar-refractivity contribution < 1.29 is 44.3 Å². The zero-order valence-corrected chi connectivity index (χ0v) is 35.3. The summed E-state index contributed by atoms with van der Waals surface area (Å²) < 4.78 is 12.7. The van der Waals surface area contributed by atoms with Crippen LogP contribution < -0.4 is 0 Å². The molecule has 1 aliphatic carbocycles. The van der Waals surface area contributed by atoms with Crippen LogP contribution in [0.15, 0.2) is 133 Å². The van der Waals surface area contributed by atoms with Gasteiger partial charge in [-0.2, -0.15) is 0 Å². The number of carbonyl (C=O) groups excluding carboxylic acids is 2. The molecule has 2 heterocycles. The number of hydrogen-bond acceptors (Lipinski definition) is 5. The van der Waals surface area contributed by atoms with Crippen molar-refractivity contribution in [3.63, 3.8) is 0 Å². The van der Waals surface area contributed by atoms with Crippen molar-refractivity contribution in [3.8, 4) is 22.4 Å². The maximum absolute atomic E-state index is 12.6. The molecule has 5 aromatic carbocycles. The molecule has 2 unspecified atom stereocenters. The topological polar surface area (TPSA) is 95.0 Å². The number of benzene rings is 5. The van der Waals surface area contributed by atoms with E-state index in [2.05, 4.69) is 121 Å². The Morgan fingerprint density at radius 2 is 1.47 bits per heavy atom. The first kappa shape index (κ1) is 41.1. The van der Waals surface area contributed by atoms with Crippen LogP contribution in [0.3, 0.4) is 0 Å². The van der Waals surface area contributed by atoms with Gasteiger partial charge in [0.15, 0.2) is 6.61 Å². The molecule has 1 aliphatic rings. The molecule has 0 amide bonds. The van der Waals surface area contributed by atoms with Crippen LogP contribution in [0.5, 0.6) is 0 Å². The third kappa shape index (κ3) is 8.58. The summed E-state index contributed by atoms with van der Waals surface area (Å²) in [5.41, 5.74) is 9.74.